The summed E-state index contributed by atoms with van der Waals surface area (Å²) in [6.45, 7) is 10.1. The van der Waals surface area contributed by atoms with Crippen LogP contribution in [0.1, 0.15) is 53.4 Å². The zero-order valence-corrected chi connectivity index (χ0v) is 14.5. The van der Waals surface area contributed by atoms with E-state index in [0.717, 1.165) is 6.54 Å². The molecule has 0 saturated heterocycles. The molecule has 1 nitrogen and oxygen atoms in total. The van der Waals surface area contributed by atoms with Crippen molar-refractivity contribution >= 4 is 23.3 Å². The van der Waals surface area contributed by atoms with Crippen molar-refractivity contribution in [2.24, 2.45) is 0 Å². The average Bonchev–Trinajstić information content (AvgIpc) is 2.38. The monoisotopic (exact) mass is 297 g/mol. The topological polar surface area (TPSA) is 12.0 Å². The lowest BCUT2D eigenvalue weighted by Gasteiger charge is -2.36. The Bertz CT molecular complexity index is 409. The minimum atomic E-state index is -1.72. The van der Waals surface area contributed by atoms with E-state index in [0.29, 0.717) is 0 Å². The van der Waals surface area contributed by atoms with Gasteiger partial charge in [0.15, 0.2) is 0 Å². The Morgan fingerprint density at radius 2 is 1.68 bits per heavy atom. The molecule has 3 heteroatoms. The Hall–Kier alpha value is -0.170. The summed E-state index contributed by atoms with van der Waals surface area (Å²) in [5.74, 6) is 0. The van der Waals surface area contributed by atoms with Crippen LogP contribution in [0, 0.1) is 0 Å². The van der Waals surface area contributed by atoms with Gasteiger partial charge in [-0.25, -0.2) is 0 Å². The molecule has 19 heavy (non-hydrogen) atoms. The van der Waals surface area contributed by atoms with Crippen molar-refractivity contribution in [3.8, 4) is 0 Å². The van der Waals surface area contributed by atoms with E-state index in [1.165, 1.54) is 31.0 Å². The Morgan fingerprint density at radius 3 is 2.21 bits per heavy atom. The minimum absolute atomic E-state index is 0.119. The molecule has 0 aromatic heterocycles. The fourth-order valence-electron chi connectivity index (χ4n) is 2.14. The lowest BCUT2D eigenvalue weighted by molar-refractivity contribution is 0.655. The Morgan fingerprint density at radius 1 is 1.05 bits per heavy atom. The maximum absolute atomic E-state index is 6.08. The van der Waals surface area contributed by atoms with Crippen molar-refractivity contribution in [3.05, 3.63) is 30.3 Å². The van der Waals surface area contributed by atoms with Gasteiger partial charge < -0.3 is 0 Å². The first-order valence-corrected chi connectivity index (χ1v) is 10.1. The van der Waals surface area contributed by atoms with Gasteiger partial charge in [-0.2, -0.15) is 0 Å². The molecule has 1 N–H and O–H groups in total. The number of hydrogen-bond acceptors (Lipinski definition) is 1. The van der Waals surface area contributed by atoms with Crippen LogP contribution in [-0.2, 0) is 11.8 Å². The molecule has 0 heterocycles. The first-order chi connectivity index (χ1) is 8.92. The van der Waals surface area contributed by atoms with Gasteiger partial charge in [-0.05, 0) is 18.3 Å². The maximum Gasteiger partial charge on any atom is 0.0454 e. The highest BCUT2D eigenvalue weighted by Gasteiger charge is 2.32. The minimum Gasteiger partial charge on any atom is -0.285 e. The molecule has 0 aliphatic carbocycles. The van der Waals surface area contributed by atoms with E-state index in [1.807, 2.05) is 0 Å². The molecular weight excluding hydrogens is 269 g/mol. The predicted molar refractivity (Wildman–Crippen MR) is 92.3 cm³/mol. The molecule has 0 radical (unpaired) electrons. The number of unbranched alkanes of at least 4 members (excludes halogenated alkanes) is 3. The van der Waals surface area contributed by atoms with Crippen LogP contribution in [0.3, 0.4) is 0 Å². The average molecular weight is 297 g/mol. The Balaban J connectivity index is 2.76. The highest BCUT2D eigenvalue weighted by Crippen LogP contribution is 2.53. The van der Waals surface area contributed by atoms with E-state index in [9.17, 15) is 0 Å². The van der Waals surface area contributed by atoms with Gasteiger partial charge in [0.05, 0.1) is 0 Å². The zero-order valence-electron chi connectivity index (χ0n) is 12.8. The SMILES string of the molecule is CCCCCCNP(=S)(c1ccccc1)C(C)(C)C. The molecule has 0 aliphatic heterocycles. The van der Waals surface area contributed by atoms with E-state index in [2.05, 4.69) is 63.1 Å². The summed E-state index contributed by atoms with van der Waals surface area (Å²) in [4.78, 5) is 0. The van der Waals surface area contributed by atoms with Crippen molar-refractivity contribution in [3.63, 3.8) is 0 Å². The molecule has 0 fully saturated rings. The molecule has 0 bridgehead atoms. The summed E-state index contributed by atoms with van der Waals surface area (Å²) in [6, 6.07) is 10.6. The van der Waals surface area contributed by atoms with E-state index in [4.69, 9.17) is 11.8 Å². The molecule has 1 aromatic carbocycles. The van der Waals surface area contributed by atoms with Gasteiger partial charge in [0, 0.05) is 11.3 Å². The Kier molecular flexibility index (Phi) is 6.73. The molecule has 0 aliphatic rings. The first-order valence-electron chi connectivity index (χ1n) is 7.32. The summed E-state index contributed by atoms with van der Waals surface area (Å²) >= 11 is 6.08. The third-order valence-corrected chi connectivity index (χ3v) is 9.68. The van der Waals surface area contributed by atoms with Crippen LogP contribution in [0.4, 0.5) is 0 Å². The first kappa shape index (κ1) is 16.9. The van der Waals surface area contributed by atoms with Gasteiger partial charge in [-0.3, -0.25) is 5.09 Å². The highest BCUT2D eigenvalue weighted by molar-refractivity contribution is 8.18. The van der Waals surface area contributed by atoms with Crippen LogP contribution in [-0.4, -0.2) is 11.7 Å². The fraction of sp³-hybridized carbons (Fsp3) is 0.625. The van der Waals surface area contributed by atoms with Crippen molar-refractivity contribution in [2.45, 2.75) is 58.5 Å². The van der Waals surface area contributed by atoms with E-state index in [1.54, 1.807) is 0 Å². The second kappa shape index (κ2) is 7.57. The van der Waals surface area contributed by atoms with Crippen LogP contribution >= 0.6 is 6.19 Å². The number of rotatable bonds is 7. The molecular formula is C16H28NPS. The molecule has 108 valence electrons. The molecule has 0 spiro atoms. The van der Waals surface area contributed by atoms with Crippen LogP contribution in [0.25, 0.3) is 0 Å². The van der Waals surface area contributed by atoms with Crippen LogP contribution in [0.5, 0.6) is 0 Å². The number of hydrogen-bond donors (Lipinski definition) is 1. The fourth-order valence-corrected chi connectivity index (χ4v) is 5.28. The van der Waals surface area contributed by atoms with E-state index in [-0.39, 0.29) is 5.16 Å². The van der Waals surface area contributed by atoms with Crippen LogP contribution < -0.4 is 10.4 Å². The van der Waals surface area contributed by atoms with Crippen molar-refractivity contribution < 1.29 is 0 Å². The quantitative estimate of drug-likeness (QED) is 0.579. The lowest BCUT2D eigenvalue weighted by Crippen LogP contribution is -2.32. The summed E-state index contributed by atoms with van der Waals surface area (Å²) < 4.78 is 0. The number of benzene rings is 1. The van der Waals surface area contributed by atoms with Crippen molar-refractivity contribution in [1.82, 2.24) is 5.09 Å². The largest absolute Gasteiger partial charge is 0.285 e. The summed E-state index contributed by atoms with van der Waals surface area (Å²) in [5.41, 5.74) is 0. The Labute approximate surface area is 124 Å². The van der Waals surface area contributed by atoms with Crippen molar-refractivity contribution in [1.29, 1.82) is 0 Å². The van der Waals surface area contributed by atoms with E-state index >= 15 is 0 Å². The highest BCUT2D eigenvalue weighted by atomic mass is 32.4. The van der Waals surface area contributed by atoms with Gasteiger partial charge in [0.2, 0.25) is 0 Å². The lowest BCUT2D eigenvalue weighted by atomic mass is 10.2. The summed E-state index contributed by atoms with van der Waals surface area (Å²) in [5, 5.41) is 5.17. The molecule has 0 saturated carbocycles. The third kappa shape index (κ3) is 4.70. The second-order valence-electron chi connectivity index (χ2n) is 6.08. The molecule has 1 atom stereocenters. The van der Waals surface area contributed by atoms with Crippen LogP contribution in [0.15, 0.2) is 30.3 Å². The number of nitrogens with one attached hydrogen (secondary N) is 1. The third-order valence-electron chi connectivity index (χ3n) is 3.43. The van der Waals surface area contributed by atoms with E-state index < -0.39 is 6.19 Å². The molecule has 1 aromatic rings. The van der Waals surface area contributed by atoms with Crippen LogP contribution in [0.2, 0.25) is 0 Å². The molecule has 0 amide bonds. The van der Waals surface area contributed by atoms with Gasteiger partial charge in [0.1, 0.15) is 0 Å². The standard InChI is InChI=1S/C16H28NPS/c1-5-6-7-11-14-17-18(19,16(2,3)4)15-12-9-8-10-13-15/h8-10,12-13H,5-7,11,14H2,1-4H3,(H,17,19). The summed E-state index contributed by atoms with van der Waals surface area (Å²) in [7, 11) is 0. The summed E-state index contributed by atoms with van der Waals surface area (Å²) in [6.07, 6.45) is 3.42. The maximum atomic E-state index is 6.08. The van der Waals surface area contributed by atoms with Gasteiger partial charge in [-0.1, -0.05) is 89.1 Å². The normalized spacial score (nSPS) is 15.2. The predicted octanol–water partition coefficient (Wildman–Crippen LogP) is 4.67. The molecule has 1 rings (SSSR count). The van der Waals surface area contributed by atoms with Gasteiger partial charge in [-0.15, -0.1) is 0 Å². The van der Waals surface area contributed by atoms with Crippen molar-refractivity contribution in [2.75, 3.05) is 6.54 Å². The van der Waals surface area contributed by atoms with Gasteiger partial charge in [0.25, 0.3) is 0 Å². The zero-order chi connectivity index (χ0) is 14.4. The molecule has 1 unspecified atom stereocenters. The second-order valence-corrected chi connectivity index (χ2v) is 11.1. The van der Waals surface area contributed by atoms with Gasteiger partial charge >= 0.3 is 0 Å². The smallest absolute Gasteiger partial charge is 0.0454 e.